The Kier molecular flexibility index (Phi) is 17.4. The van der Waals surface area contributed by atoms with Crippen molar-refractivity contribution in [3.8, 4) is 21.8 Å². The van der Waals surface area contributed by atoms with Gasteiger partial charge < -0.3 is 25.7 Å². The molecule has 5 aromatic carbocycles. The highest BCUT2D eigenvalue weighted by Crippen LogP contribution is 2.59. The maximum Gasteiger partial charge on any atom is 0.135 e. The van der Waals surface area contributed by atoms with Gasteiger partial charge in [-0.1, -0.05) is 100 Å². The molecule has 16 bridgehead atoms. The second-order valence-corrected chi connectivity index (χ2v) is 36.0. The first-order valence-corrected chi connectivity index (χ1v) is 38.8. The maximum absolute atomic E-state index is 6.06. The van der Waals surface area contributed by atoms with E-state index < -0.39 is 0 Å². The molecule has 16 aliphatic rings. The van der Waals surface area contributed by atoms with E-state index in [1.54, 1.807) is 0 Å². The predicted molar refractivity (Wildman–Crippen MR) is 387 cm³/mol. The van der Waals surface area contributed by atoms with Crippen molar-refractivity contribution in [2.75, 3.05) is 0 Å². The summed E-state index contributed by atoms with van der Waals surface area (Å²) >= 11 is 5.39. The highest BCUT2D eigenvalue weighted by atomic mass is 79.9. The zero-order valence-corrected chi connectivity index (χ0v) is 58.9. The number of fused-ring (bicyclic) bond motifs is 1. The smallest absolute Gasteiger partial charge is 0.135 e. The van der Waals surface area contributed by atoms with Crippen LogP contribution in [0.15, 0.2) is 130 Å². The summed E-state index contributed by atoms with van der Waals surface area (Å²) in [6.45, 7) is 15.3. The largest absolute Gasteiger partial charge is 0.456 e. The normalized spacial score (nSPS) is 35.0. The van der Waals surface area contributed by atoms with Crippen molar-refractivity contribution < 1.29 is 4.42 Å². The molecule has 16 saturated carbocycles. The van der Waals surface area contributed by atoms with Crippen LogP contribution in [0.1, 0.15) is 204 Å². The number of thiophene rings is 1. The average molecular weight is 1310 g/mol. The van der Waals surface area contributed by atoms with Gasteiger partial charge in [0.1, 0.15) is 11.3 Å². The van der Waals surface area contributed by atoms with E-state index in [0.717, 1.165) is 109 Å². The third-order valence-corrected chi connectivity index (χ3v) is 28.2. The second-order valence-electron chi connectivity index (χ2n) is 34.1. The van der Waals surface area contributed by atoms with Gasteiger partial charge in [0.2, 0.25) is 0 Å². The SMILES string of the molecule is Cc1cc(-c2cc3ccccc3o2)ccc1CNC12CC3CC(CC(C3)C1)C2.Cc1cc(-c2cccs2)ccc1CNC12CC3CC(CC(C3)C1)C2.Cc1cc(Br)ccc1CNC12CC3CC(CC(C3)C1)C2.Cc1ccc(CNC23CC4CC(CC(C4)C2)C3)c(C)c1. The monoisotopic (exact) mass is 1310 g/mol. The molecular weight excluding hydrogens is 1200 g/mol. The molecule has 4 N–H and O–H groups in total. The maximum atomic E-state index is 6.06. The molecule has 0 spiro atoms. The number of aryl methyl sites for hydroxylation is 5. The molecule has 0 atom stereocenters. The fourth-order valence-electron chi connectivity index (χ4n) is 24.0. The van der Waals surface area contributed by atoms with Gasteiger partial charge in [-0.05, 0) is 352 Å². The highest BCUT2D eigenvalue weighted by Gasteiger charge is 2.54. The van der Waals surface area contributed by atoms with Gasteiger partial charge >= 0.3 is 0 Å². The molecule has 0 amide bonds. The highest BCUT2D eigenvalue weighted by molar-refractivity contribution is 9.10. The number of hydrogen-bond acceptors (Lipinski definition) is 6. The fraction of sp³-hybridized carbons (Fsp3) is 0.576. The minimum atomic E-state index is 0.429. The minimum absolute atomic E-state index is 0.429. The standard InChI is InChI=1S/C26H29NO.C22H27NS.C19H27N.C18H24BrN/c1-17-8-22(25-12-21-4-2-3-5-24(21)28-25)6-7-23(17)16-27-26-13-18-9-19(14-26)11-20(10-18)15-26;1-15-7-19(21-3-2-6-24-21)4-5-20(15)14-23-22-11-16-8-17(12-22)10-18(9-16)13-22;1-13-3-4-18(14(2)5-13)12-20-19-9-15-6-16(10-19)8-17(7-15)11-19;1-12-4-17(19)3-2-16(12)11-20-18-8-13-5-14(9-18)7-15(6-13)10-18/h2-8,12,18-20,27H,9-11,13-16H2,1H3;2-7,16-18,23H,8-14H2,1H3;3-5,15-17,20H,6-12H2,1-2H3;2-4,13-15,20H,5-11H2,1H3. The molecule has 16 aliphatic carbocycles. The quantitative estimate of drug-likeness (QED) is 0.0874. The first-order chi connectivity index (χ1) is 44.6. The lowest BCUT2D eigenvalue weighted by Gasteiger charge is -2.57. The molecule has 486 valence electrons. The molecule has 7 heteroatoms. The van der Waals surface area contributed by atoms with Crippen LogP contribution >= 0.6 is 27.3 Å². The van der Waals surface area contributed by atoms with Crippen LogP contribution in [-0.4, -0.2) is 22.2 Å². The van der Waals surface area contributed by atoms with E-state index in [-0.39, 0.29) is 0 Å². The molecule has 5 nitrogen and oxygen atoms in total. The van der Waals surface area contributed by atoms with Crippen molar-refractivity contribution in [1.29, 1.82) is 0 Å². The first kappa shape index (κ1) is 62.5. The van der Waals surface area contributed by atoms with Crippen LogP contribution in [0.5, 0.6) is 0 Å². The number of rotatable bonds is 14. The van der Waals surface area contributed by atoms with Gasteiger partial charge in [0.05, 0.1) is 0 Å². The lowest BCUT2D eigenvalue weighted by molar-refractivity contribution is -0.0207. The van der Waals surface area contributed by atoms with Crippen LogP contribution in [0.25, 0.3) is 32.7 Å². The molecular formula is C85H107BrN4OS. The van der Waals surface area contributed by atoms with E-state index in [1.807, 2.05) is 23.5 Å². The van der Waals surface area contributed by atoms with Crippen molar-refractivity contribution in [1.82, 2.24) is 21.3 Å². The zero-order valence-electron chi connectivity index (χ0n) is 56.5. The summed E-state index contributed by atoms with van der Waals surface area (Å²) in [5.74, 6) is 13.2. The van der Waals surface area contributed by atoms with Gasteiger partial charge in [-0.15, -0.1) is 11.3 Å². The number of para-hydroxylation sites is 1. The lowest BCUT2D eigenvalue weighted by Crippen LogP contribution is -2.58. The minimum Gasteiger partial charge on any atom is -0.456 e. The van der Waals surface area contributed by atoms with E-state index in [0.29, 0.717) is 22.2 Å². The molecule has 92 heavy (non-hydrogen) atoms. The molecule has 2 aromatic heterocycles. The van der Waals surface area contributed by atoms with Crippen molar-refractivity contribution >= 4 is 38.2 Å². The number of nitrogens with one attached hydrogen (secondary N) is 4. The Morgan fingerprint density at radius 3 is 1.08 bits per heavy atom. The Morgan fingerprint density at radius 2 is 0.717 bits per heavy atom. The number of benzene rings is 5. The Labute approximate surface area is 565 Å². The van der Waals surface area contributed by atoms with Crippen LogP contribution in [0.3, 0.4) is 0 Å². The van der Waals surface area contributed by atoms with Gasteiger partial charge in [-0.2, -0.15) is 0 Å². The number of furan rings is 1. The van der Waals surface area contributed by atoms with Crippen LogP contribution in [0, 0.1) is 106 Å². The van der Waals surface area contributed by atoms with Gasteiger partial charge in [0, 0.05) is 68.6 Å². The molecule has 16 fully saturated rings. The molecule has 0 unspecified atom stereocenters. The summed E-state index contributed by atoms with van der Waals surface area (Å²) in [4.78, 5) is 1.37. The van der Waals surface area contributed by atoms with Crippen LogP contribution in [-0.2, 0) is 26.2 Å². The second kappa shape index (κ2) is 25.6. The Balaban J connectivity index is 0.0000000986. The predicted octanol–water partition coefficient (Wildman–Crippen LogP) is 21.4. The molecule has 0 saturated heterocycles. The molecule has 2 heterocycles. The Hall–Kier alpha value is -4.34. The third kappa shape index (κ3) is 13.4. The summed E-state index contributed by atoms with van der Waals surface area (Å²) < 4.78 is 7.25. The van der Waals surface area contributed by atoms with Crippen molar-refractivity contribution in [3.63, 3.8) is 0 Å². The number of halogens is 1. The summed E-state index contributed by atoms with van der Waals surface area (Å²) in [7, 11) is 0. The third-order valence-electron chi connectivity index (χ3n) is 26.8. The summed E-state index contributed by atoms with van der Waals surface area (Å²) in [6.07, 6.45) is 35.5. The summed E-state index contributed by atoms with van der Waals surface area (Å²) in [6, 6.07) is 42.1. The fourth-order valence-corrected chi connectivity index (χ4v) is 25.2. The number of hydrogen-bond donors (Lipinski definition) is 4. The topological polar surface area (TPSA) is 61.3 Å². The van der Waals surface area contributed by atoms with Gasteiger partial charge in [0.25, 0.3) is 0 Å². The molecule has 0 aliphatic heterocycles. The van der Waals surface area contributed by atoms with Crippen molar-refractivity contribution in [3.05, 3.63) is 175 Å². The van der Waals surface area contributed by atoms with Crippen molar-refractivity contribution in [2.45, 2.75) is 237 Å². The van der Waals surface area contributed by atoms with E-state index in [2.05, 4.69) is 180 Å². The van der Waals surface area contributed by atoms with E-state index >= 15 is 0 Å². The first-order valence-electron chi connectivity index (χ1n) is 37.1. The Bertz CT molecular complexity index is 3490. The van der Waals surface area contributed by atoms with Crippen molar-refractivity contribution in [2.24, 2.45) is 71.0 Å². The van der Waals surface area contributed by atoms with E-state index in [4.69, 9.17) is 4.42 Å². The van der Waals surface area contributed by atoms with Crippen LogP contribution < -0.4 is 21.3 Å². The van der Waals surface area contributed by atoms with E-state index in [1.165, 1.54) is 230 Å². The van der Waals surface area contributed by atoms with Gasteiger partial charge in [0.15, 0.2) is 0 Å². The summed E-state index contributed by atoms with van der Waals surface area (Å²) in [5, 5.41) is 19.4. The zero-order chi connectivity index (χ0) is 62.3. The molecule has 23 rings (SSSR count). The summed E-state index contributed by atoms with van der Waals surface area (Å²) in [5.41, 5.74) is 18.2. The van der Waals surface area contributed by atoms with Gasteiger partial charge in [-0.25, -0.2) is 0 Å². The average Bonchev–Trinajstić information content (AvgIpc) is 0.926. The van der Waals surface area contributed by atoms with Gasteiger partial charge in [-0.3, -0.25) is 0 Å². The Morgan fingerprint density at radius 1 is 0.370 bits per heavy atom. The van der Waals surface area contributed by atoms with Crippen LogP contribution in [0.4, 0.5) is 0 Å². The lowest BCUT2D eigenvalue weighted by atomic mass is 9.53. The van der Waals surface area contributed by atoms with Crippen LogP contribution in [0.2, 0.25) is 0 Å². The molecule has 7 aromatic rings. The van der Waals surface area contributed by atoms with E-state index in [9.17, 15) is 0 Å². The molecule has 0 radical (unpaired) electrons.